The van der Waals surface area contributed by atoms with Crippen LogP contribution in [0.15, 0.2) is 59.1 Å². The van der Waals surface area contributed by atoms with Crippen LogP contribution in [-0.2, 0) is 18.0 Å². The van der Waals surface area contributed by atoms with Gasteiger partial charge in [0.25, 0.3) is 11.8 Å². The van der Waals surface area contributed by atoms with Crippen molar-refractivity contribution in [3.8, 4) is 0 Å². The van der Waals surface area contributed by atoms with E-state index >= 15 is 4.39 Å². The van der Waals surface area contributed by atoms with Crippen molar-refractivity contribution < 1.29 is 71.1 Å². The maximum atomic E-state index is 15.8. The minimum Gasteiger partial charge on any atom is -0.320 e. The van der Waals surface area contributed by atoms with Gasteiger partial charge in [-0.1, -0.05) is 6.07 Å². The molecule has 2 amide bonds. The maximum absolute atomic E-state index is 15.8. The third-order valence-corrected chi connectivity index (χ3v) is 7.79. The van der Waals surface area contributed by atoms with Crippen LogP contribution in [0.3, 0.4) is 0 Å². The molecule has 0 aromatic heterocycles. The first-order chi connectivity index (χ1) is 21.9. The van der Waals surface area contributed by atoms with E-state index < -0.39 is 92.2 Å². The zero-order valence-electron chi connectivity index (χ0n) is 23.3. The van der Waals surface area contributed by atoms with Crippen LogP contribution in [0.5, 0.6) is 0 Å². The van der Waals surface area contributed by atoms with E-state index in [9.17, 15) is 66.7 Å². The molecule has 4 nitrogen and oxygen atoms in total. The molecule has 19 heteroatoms. The zero-order chi connectivity index (χ0) is 36.2. The Kier molecular flexibility index (Phi) is 9.63. The summed E-state index contributed by atoms with van der Waals surface area (Å²) < 4.78 is 189. The Morgan fingerprint density at radius 2 is 1.33 bits per heavy atom. The Hall–Kier alpha value is -3.90. The number of nitrogens with zero attached hydrogens (tertiary/aromatic N) is 1. The van der Waals surface area contributed by atoms with Crippen LogP contribution in [0.1, 0.15) is 50.2 Å². The van der Waals surface area contributed by atoms with Crippen molar-refractivity contribution >= 4 is 39.1 Å². The summed E-state index contributed by atoms with van der Waals surface area (Å²) in [5.74, 6) is -4.43. The van der Waals surface area contributed by atoms with Crippen molar-refractivity contribution in [3.05, 3.63) is 92.7 Å². The molecule has 0 bridgehead atoms. The first-order valence-corrected chi connectivity index (χ1v) is 14.0. The van der Waals surface area contributed by atoms with Crippen molar-refractivity contribution in [1.82, 2.24) is 0 Å². The van der Waals surface area contributed by atoms with E-state index in [2.05, 4.69) is 15.9 Å². The predicted octanol–water partition coefficient (Wildman–Crippen LogP) is 10.2. The minimum absolute atomic E-state index is 0.180. The van der Waals surface area contributed by atoms with E-state index in [0.29, 0.717) is 25.0 Å². The summed E-state index contributed by atoms with van der Waals surface area (Å²) in [4.78, 5) is 27.2. The van der Waals surface area contributed by atoms with Crippen LogP contribution >= 0.6 is 15.9 Å². The smallest absolute Gasteiger partial charge is 0.320 e. The maximum Gasteiger partial charge on any atom is 0.435 e. The number of nitrogens with one attached hydrogen (secondary N) is 1. The average molecular weight is 771 g/mol. The molecule has 0 radical (unpaired) electrons. The monoisotopic (exact) mass is 770 g/mol. The van der Waals surface area contributed by atoms with E-state index in [0.717, 1.165) is 35.2 Å². The number of carbonyl (C=O) groups excluding carboxylic acids is 2. The fourth-order valence-electron chi connectivity index (χ4n) is 4.54. The lowest BCUT2D eigenvalue weighted by Gasteiger charge is -2.31. The van der Waals surface area contributed by atoms with Gasteiger partial charge >= 0.3 is 30.4 Å². The molecular formula is C29H17BrF14N2O2. The Balaban J connectivity index is 1.75. The summed E-state index contributed by atoms with van der Waals surface area (Å²) in [5, 5.41) is 1.56. The molecule has 0 unspecified atom stereocenters. The van der Waals surface area contributed by atoms with E-state index in [1.54, 1.807) is 5.32 Å². The fraction of sp³-hybridized carbons (Fsp3) is 0.310. The van der Waals surface area contributed by atoms with Gasteiger partial charge in [-0.15, -0.1) is 0 Å². The highest BCUT2D eigenvalue weighted by Gasteiger charge is 2.73. The quantitative estimate of drug-likeness (QED) is 0.243. The lowest BCUT2D eigenvalue weighted by atomic mass is 9.92. The molecule has 1 fully saturated rings. The molecule has 1 aliphatic rings. The third kappa shape index (κ3) is 7.24. The van der Waals surface area contributed by atoms with Gasteiger partial charge in [0.05, 0.1) is 28.1 Å². The van der Waals surface area contributed by atoms with Crippen molar-refractivity contribution in [3.63, 3.8) is 0 Å². The molecule has 0 aliphatic heterocycles. The summed E-state index contributed by atoms with van der Waals surface area (Å²) in [6, 6.07) is 4.46. The lowest BCUT2D eigenvalue weighted by molar-refractivity contribution is -0.348. The van der Waals surface area contributed by atoms with Crippen molar-refractivity contribution in [2.45, 2.75) is 43.2 Å². The molecule has 0 spiro atoms. The van der Waals surface area contributed by atoms with E-state index in [4.69, 9.17) is 0 Å². The van der Waals surface area contributed by atoms with E-state index in [1.807, 2.05) is 0 Å². The number of halogens is 15. The molecule has 260 valence electrons. The van der Waals surface area contributed by atoms with Crippen molar-refractivity contribution in [2.24, 2.45) is 5.92 Å². The SMILES string of the molecule is O=C(Nc1c(Br)cc(C(F)(C(F)(F)F)C(F)(F)F)cc1C(F)(F)F)c1cccc(N(CC2CC2)C(=O)c2ccc(C(F)(F)F)cc2)c1F. The fourth-order valence-corrected chi connectivity index (χ4v) is 5.09. The van der Waals surface area contributed by atoms with Gasteiger partial charge in [-0.3, -0.25) is 9.59 Å². The average Bonchev–Trinajstić information content (AvgIpc) is 3.78. The molecule has 3 aromatic carbocycles. The summed E-state index contributed by atoms with van der Waals surface area (Å²) >= 11 is 2.34. The summed E-state index contributed by atoms with van der Waals surface area (Å²) in [7, 11) is 0. The largest absolute Gasteiger partial charge is 0.435 e. The number of hydrogen-bond donors (Lipinski definition) is 1. The van der Waals surface area contributed by atoms with Gasteiger partial charge in [0, 0.05) is 22.1 Å². The number of benzene rings is 3. The molecule has 1 aliphatic carbocycles. The highest BCUT2D eigenvalue weighted by Crippen LogP contribution is 2.55. The summed E-state index contributed by atoms with van der Waals surface area (Å²) in [5.41, 5.74) is -15.7. The molecule has 4 rings (SSSR count). The second-order valence-electron chi connectivity index (χ2n) is 10.6. The van der Waals surface area contributed by atoms with Crippen LogP contribution in [0.4, 0.5) is 72.8 Å². The number of hydrogen-bond acceptors (Lipinski definition) is 2. The van der Waals surface area contributed by atoms with Crippen LogP contribution < -0.4 is 10.2 Å². The second kappa shape index (κ2) is 12.5. The Labute approximate surface area is 268 Å². The Morgan fingerprint density at radius 1 is 0.771 bits per heavy atom. The zero-order valence-corrected chi connectivity index (χ0v) is 24.9. The van der Waals surface area contributed by atoms with Crippen LogP contribution in [0.25, 0.3) is 0 Å². The van der Waals surface area contributed by atoms with Gasteiger partial charge in [-0.2, -0.15) is 52.7 Å². The first-order valence-electron chi connectivity index (χ1n) is 13.2. The normalized spacial score (nSPS) is 14.6. The number of rotatable bonds is 7. The lowest BCUT2D eigenvalue weighted by Crippen LogP contribution is -2.50. The van der Waals surface area contributed by atoms with Gasteiger partial charge < -0.3 is 10.2 Å². The van der Waals surface area contributed by atoms with Crippen LogP contribution in [0, 0.1) is 11.7 Å². The van der Waals surface area contributed by atoms with E-state index in [1.165, 1.54) is 0 Å². The number of alkyl halides is 13. The Bertz CT molecular complexity index is 1700. The molecule has 0 heterocycles. The predicted molar refractivity (Wildman–Crippen MR) is 144 cm³/mol. The highest BCUT2D eigenvalue weighted by molar-refractivity contribution is 9.10. The van der Waals surface area contributed by atoms with Gasteiger partial charge in [0.1, 0.15) is 0 Å². The molecular weight excluding hydrogens is 754 g/mol. The number of carbonyl (C=O) groups is 2. The van der Waals surface area contributed by atoms with Gasteiger partial charge in [0.15, 0.2) is 5.82 Å². The molecule has 1 N–H and O–H groups in total. The highest BCUT2D eigenvalue weighted by atomic mass is 79.9. The molecule has 1 saturated carbocycles. The first kappa shape index (κ1) is 36.9. The minimum atomic E-state index is -6.77. The third-order valence-electron chi connectivity index (χ3n) is 7.17. The number of anilines is 2. The van der Waals surface area contributed by atoms with Gasteiger partial charge in [0.2, 0.25) is 0 Å². The molecule has 0 saturated heterocycles. The molecule has 3 aromatic rings. The van der Waals surface area contributed by atoms with Crippen LogP contribution in [-0.4, -0.2) is 30.7 Å². The van der Waals surface area contributed by atoms with Crippen LogP contribution in [0.2, 0.25) is 0 Å². The summed E-state index contributed by atoms with van der Waals surface area (Å²) in [6.07, 6.45) is -22.9. The standard InChI is InChI=1S/C29H17BrF14N2O2/c30-19-11-16(25(32,28(39,40)41)29(42,43)44)10-18(27(36,37)38)22(19)45-23(47)17-2-1-3-20(21(17)31)46(12-13-4-5-13)24(48)14-6-8-15(9-7-14)26(33,34)35/h1-3,6-11,13H,4-5,12H2,(H,45,47). The van der Waals surface area contributed by atoms with Gasteiger partial charge in [-0.25, -0.2) is 8.78 Å². The van der Waals surface area contributed by atoms with E-state index in [-0.39, 0.29) is 24.1 Å². The molecule has 0 atom stereocenters. The van der Waals surface area contributed by atoms with Crippen molar-refractivity contribution in [1.29, 1.82) is 0 Å². The van der Waals surface area contributed by atoms with Crippen molar-refractivity contribution in [2.75, 3.05) is 16.8 Å². The summed E-state index contributed by atoms with van der Waals surface area (Å²) in [6.45, 7) is -0.184. The Morgan fingerprint density at radius 3 is 1.81 bits per heavy atom. The molecule has 48 heavy (non-hydrogen) atoms. The second-order valence-corrected chi connectivity index (χ2v) is 11.4. The van der Waals surface area contributed by atoms with Gasteiger partial charge in [-0.05, 0) is 83.2 Å². The number of amides is 2. The topological polar surface area (TPSA) is 49.4 Å².